The lowest BCUT2D eigenvalue weighted by Gasteiger charge is -2.38. The Kier molecular flexibility index (Phi) is 3.41. The summed E-state index contributed by atoms with van der Waals surface area (Å²) in [4.78, 5) is 31.3. The van der Waals surface area contributed by atoms with Crippen molar-refractivity contribution >= 4 is 11.6 Å². The predicted molar refractivity (Wildman–Crippen MR) is 86.5 cm³/mol. The van der Waals surface area contributed by atoms with Gasteiger partial charge in [-0.1, -0.05) is 6.07 Å². The van der Waals surface area contributed by atoms with Gasteiger partial charge in [-0.3, -0.25) is 14.0 Å². The van der Waals surface area contributed by atoms with E-state index >= 15 is 0 Å². The minimum atomic E-state index is -0.289. The first-order chi connectivity index (χ1) is 11.2. The van der Waals surface area contributed by atoms with Crippen LogP contribution in [0.25, 0.3) is 5.65 Å². The summed E-state index contributed by atoms with van der Waals surface area (Å²) in [5.41, 5.74) is 0.786. The molecule has 0 bridgehead atoms. The SMILES string of the molecule is O=C(c1cnc2ccccn2c1=O)N1CCC2(CCNC2)CC1. The summed E-state index contributed by atoms with van der Waals surface area (Å²) in [6.07, 6.45) is 6.27. The largest absolute Gasteiger partial charge is 0.338 e. The van der Waals surface area contributed by atoms with E-state index in [1.165, 1.54) is 17.0 Å². The number of fused-ring (bicyclic) bond motifs is 1. The number of piperidine rings is 1. The first-order valence-corrected chi connectivity index (χ1v) is 8.15. The van der Waals surface area contributed by atoms with E-state index in [2.05, 4.69) is 10.3 Å². The quantitative estimate of drug-likeness (QED) is 0.850. The smallest absolute Gasteiger partial charge is 0.270 e. The third-order valence-corrected chi connectivity index (χ3v) is 5.29. The van der Waals surface area contributed by atoms with Crippen LogP contribution in [0.1, 0.15) is 29.6 Å². The molecule has 6 nitrogen and oxygen atoms in total. The maximum atomic E-state index is 12.7. The second-order valence-electron chi connectivity index (χ2n) is 6.62. The van der Waals surface area contributed by atoms with Crippen molar-refractivity contribution < 1.29 is 4.79 Å². The Hall–Kier alpha value is -2.21. The van der Waals surface area contributed by atoms with Gasteiger partial charge in [0, 0.05) is 32.0 Å². The lowest BCUT2D eigenvalue weighted by molar-refractivity contribution is 0.0605. The molecule has 0 aromatic carbocycles. The molecule has 4 rings (SSSR count). The number of pyridine rings is 1. The summed E-state index contributed by atoms with van der Waals surface area (Å²) in [6, 6.07) is 5.35. The number of amides is 1. The summed E-state index contributed by atoms with van der Waals surface area (Å²) < 4.78 is 1.43. The van der Waals surface area contributed by atoms with Gasteiger partial charge in [-0.2, -0.15) is 0 Å². The number of carbonyl (C=O) groups excluding carboxylic acids is 1. The number of rotatable bonds is 1. The number of hydrogen-bond acceptors (Lipinski definition) is 4. The van der Waals surface area contributed by atoms with Crippen LogP contribution in [0.5, 0.6) is 0 Å². The molecule has 0 unspecified atom stereocenters. The van der Waals surface area contributed by atoms with Crippen LogP contribution >= 0.6 is 0 Å². The van der Waals surface area contributed by atoms with Gasteiger partial charge in [0.1, 0.15) is 11.2 Å². The third-order valence-electron chi connectivity index (χ3n) is 5.29. The molecule has 0 aliphatic carbocycles. The number of carbonyl (C=O) groups is 1. The van der Waals surface area contributed by atoms with Gasteiger partial charge >= 0.3 is 0 Å². The zero-order chi connectivity index (χ0) is 15.9. The maximum Gasteiger partial charge on any atom is 0.270 e. The van der Waals surface area contributed by atoms with E-state index in [9.17, 15) is 9.59 Å². The minimum absolute atomic E-state index is 0.161. The molecule has 2 aromatic rings. The van der Waals surface area contributed by atoms with Gasteiger partial charge < -0.3 is 10.2 Å². The molecular formula is C17H20N4O2. The number of nitrogens with zero attached hydrogens (tertiary/aromatic N) is 3. The van der Waals surface area contributed by atoms with Crippen LogP contribution in [0.4, 0.5) is 0 Å². The van der Waals surface area contributed by atoms with E-state index in [-0.39, 0.29) is 17.0 Å². The van der Waals surface area contributed by atoms with Gasteiger partial charge in [0.15, 0.2) is 0 Å². The van der Waals surface area contributed by atoms with E-state index in [4.69, 9.17) is 0 Å². The average molecular weight is 312 g/mol. The second kappa shape index (κ2) is 5.45. The Morgan fingerprint density at radius 1 is 1.22 bits per heavy atom. The van der Waals surface area contributed by atoms with Crippen LogP contribution in [0.3, 0.4) is 0 Å². The van der Waals surface area contributed by atoms with Crippen LogP contribution in [-0.2, 0) is 0 Å². The summed E-state index contributed by atoms with van der Waals surface area (Å²) in [6.45, 7) is 3.56. The standard InChI is InChI=1S/C17H20N4O2/c22-15(20-9-5-17(6-10-20)4-7-18-12-17)13-11-19-14-3-1-2-8-21(14)16(13)23/h1-3,8,11,18H,4-7,9-10,12H2. The van der Waals surface area contributed by atoms with Crippen LogP contribution in [0.15, 0.2) is 35.4 Å². The van der Waals surface area contributed by atoms with Gasteiger partial charge in [0.25, 0.3) is 11.5 Å². The molecule has 23 heavy (non-hydrogen) atoms. The minimum Gasteiger partial charge on any atom is -0.338 e. The van der Waals surface area contributed by atoms with Crippen molar-refractivity contribution in [1.29, 1.82) is 0 Å². The molecule has 0 radical (unpaired) electrons. The highest BCUT2D eigenvalue weighted by atomic mass is 16.2. The molecule has 2 aliphatic heterocycles. The van der Waals surface area contributed by atoms with Crippen LogP contribution in [0, 0.1) is 5.41 Å². The van der Waals surface area contributed by atoms with Gasteiger partial charge in [0.2, 0.25) is 0 Å². The first kappa shape index (κ1) is 14.4. The van der Waals surface area contributed by atoms with E-state index < -0.39 is 0 Å². The Balaban J connectivity index is 1.58. The zero-order valence-electron chi connectivity index (χ0n) is 13.0. The van der Waals surface area contributed by atoms with E-state index in [0.717, 1.165) is 39.0 Å². The molecule has 2 aromatic heterocycles. The average Bonchev–Trinajstić information content (AvgIpc) is 3.04. The maximum absolute atomic E-state index is 12.7. The molecule has 2 aliphatic rings. The third kappa shape index (κ3) is 2.43. The lowest BCUT2D eigenvalue weighted by Crippen LogP contribution is -2.45. The highest BCUT2D eigenvalue weighted by Gasteiger charge is 2.38. The predicted octanol–water partition coefficient (Wildman–Crippen LogP) is 0.910. The van der Waals surface area contributed by atoms with Crippen molar-refractivity contribution in [2.75, 3.05) is 26.2 Å². The Bertz CT molecular complexity index is 798. The Morgan fingerprint density at radius 3 is 2.78 bits per heavy atom. The van der Waals surface area contributed by atoms with Crippen LogP contribution < -0.4 is 10.9 Å². The molecule has 4 heterocycles. The van der Waals surface area contributed by atoms with Crippen molar-refractivity contribution in [2.24, 2.45) is 5.41 Å². The lowest BCUT2D eigenvalue weighted by atomic mass is 9.78. The molecular weight excluding hydrogens is 292 g/mol. The highest BCUT2D eigenvalue weighted by Crippen LogP contribution is 2.37. The van der Waals surface area contributed by atoms with Crippen LogP contribution in [0.2, 0.25) is 0 Å². The van der Waals surface area contributed by atoms with Gasteiger partial charge in [0.05, 0.1) is 0 Å². The number of hydrogen-bond donors (Lipinski definition) is 1. The van der Waals surface area contributed by atoms with Crippen molar-refractivity contribution in [3.05, 3.63) is 46.5 Å². The summed E-state index contributed by atoms with van der Waals surface area (Å²) in [5.74, 6) is -0.193. The molecule has 6 heteroatoms. The summed E-state index contributed by atoms with van der Waals surface area (Å²) >= 11 is 0. The van der Waals surface area contributed by atoms with E-state index in [0.29, 0.717) is 11.1 Å². The molecule has 1 spiro atoms. The molecule has 2 fully saturated rings. The molecule has 2 saturated heterocycles. The molecule has 1 amide bonds. The fraction of sp³-hybridized carbons (Fsp3) is 0.471. The normalized spacial score (nSPS) is 20.3. The topological polar surface area (TPSA) is 66.7 Å². The summed E-state index contributed by atoms with van der Waals surface area (Å²) in [7, 11) is 0. The fourth-order valence-corrected chi connectivity index (χ4v) is 3.75. The number of likely N-dealkylation sites (tertiary alicyclic amines) is 1. The Labute approximate surface area is 134 Å². The molecule has 120 valence electrons. The molecule has 0 atom stereocenters. The van der Waals surface area contributed by atoms with Crippen molar-refractivity contribution in [3.63, 3.8) is 0 Å². The van der Waals surface area contributed by atoms with Crippen molar-refractivity contribution in [2.45, 2.75) is 19.3 Å². The summed E-state index contributed by atoms with van der Waals surface area (Å²) in [5, 5.41) is 3.42. The monoisotopic (exact) mass is 312 g/mol. The fourth-order valence-electron chi connectivity index (χ4n) is 3.75. The molecule has 1 N–H and O–H groups in total. The Morgan fingerprint density at radius 2 is 2.04 bits per heavy atom. The van der Waals surface area contributed by atoms with Crippen molar-refractivity contribution in [1.82, 2.24) is 19.6 Å². The van der Waals surface area contributed by atoms with E-state index in [1.807, 2.05) is 6.07 Å². The van der Waals surface area contributed by atoms with E-state index in [1.54, 1.807) is 23.2 Å². The number of nitrogens with one attached hydrogen (secondary N) is 1. The zero-order valence-corrected chi connectivity index (χ0v) is 13.0. The van der Waals surface area contributed by atoms with Gasteiger partial charge in [-0.15, -0.1) is 0 Å². The van der Waals surface area contributed by atoms with Gasteiger partial charge in [-0.25, -0.2) is 4.98 Å². The van der Waals surface area contributed by atoms with Crippen molar-refractivity contribution in [3.8, 4) is 0 Å². The highest BCUT2D eigenvalue weighted by molar-refractivity contribution is 5.93. The molecule has 0 saturated carbocycles. The van der Waals surface area contributed by atoms with Gasteiger partial charge in [-0.05, 0) is 43.4 Å². The first-order valence-electron chi connectivity index (χ1n) is 8.15. The second-order valence-corrected chi connectivity index (χ2v) is 6.62. The number of aromatic nitrogens is 2. The van der Waals surface area contributed by atoms with Crippen LogP contribution in [-0.4, -0.2) is 46.4 Å².